The lowest BCUT2D eigenvalue weighted by Crippen LogP contribution is -2.44. The standard InChI is InChI=1S/C14H14FN3O2/c15-12(10-6-16-7-10)14-17-13(18-20-14)9-1-2-11-8(5-9)3-4-19-11/h1-2,5,10,12,16H,3-4,6-7H2. The molecule has 20 heavy (non-hydrogen) atoms. The molecule has 2 aliphatic heterocycles. The maximum Gasteiger partial charge on any atom is 0.261 e. The number of nitrogens with zero attached hydrogens (tertiary/aromatic N) is 2. The predicted octanol–water partition coefficient (Wildman–Crippen LogP) is 1.90. The second-order valence-electron chi connectivity index (χ2n) is 5.20. The molecule has 0 bridgehead atoms. The minimum absolute atomic E-state index is 0.0586. The summed E-state index contributed by atoms with van der Waals surface area (Å²) in [5, 5.41) is 6.92. The van der Waals surface area contributed by atoms with E-state index in [1.807, 2.05) is 18.2 Å². The number of rotatable bonds is 3. The number of aromatic nitrogens is 2. The van der Waals surface area contributed by atoms with Gasteiger partial charge in [0, 0.05) is 31.0 Å². The van der Waals surface area contributed by atoms with Crippen molar-refractivity contribution in [2.24, 2.45) is 5.92 Å². The van der Waals surface area contributed by atoms with Crippen molar-refractivity contribution in [2.75, 3.05) is 19.7 Å². The third kappa shape index (κ3) is 1.87. The van der Waals surface area contributed by atoms with E-state index in [9.17, 15) is 4.39 Å². The summed E-state index contributed by atoms with van der Waals surface area (Å²) >= 11 is 0. The van der Waals surface area contributed by atoms with Crippen molar-refractivity contribution < 1.29 is 13.7 Å². The van der Waals surface area contributed by atoms with Crippen LogP contribution in [0.1, 0.15) is 17.6 Å². The lowest BCUT2D eigenvalue weighted by molar-refractivity contribution is 0.133. The molecule has 1 fully saturated rings. The quantitative estimate of drug-likeness (QED) is 0.927. The van der Waals surface area contributed by atoms with Crippen molar-refractivity contribution in [1.29, 1.82) is 0 Å². The monoisotopic (exact) mass is 275 g/mol. The molecule has 1 aromatic carbocycles. The first kappa shape index (κ1) is 11.8. The molecule has 0 aliphatic carbocycles. The average Bonchev–Trinajstić information content (AvgIpc) is 3.05. The third-order valence-corrected chi connectivity index (χ3v) is 3.85. The molecule has 5 nitrogen and oxygen atoms in total. The molecule has 1 aromatic heterocycles. The third-order valence-electron chi connectivity index (χ3n) is 3.85. The van der Waals surface area contributed by atoms with Crippen LogP contribution in [0.3, 0.4) is 0 Å². The van der Waals surface area contributed by atoms with Crippen LogP contribution >= 0.6 is 0 Å². The Labute approximate surface area is 115 Å². The zero-order valence-corrected chi connectivity index (χ0v) is 10.8. The van der Waals surface area contributed by atoms with Gasteiger partial charge in [-0.1, -0.05) is 5.16 Å². The summed E-state index contributed by atoms with van der Waals surface area (Å²) in [5.41, 5.74) is 1.97. The Morgan fingerprint density at radius 2 is 2.25 bits per heavy atom. The normalized spacial score (nSPS) is 19.2. The Morgan fingerprint density at radius 3 is 3.05 bits per heavy atom. The Hall–Kier alpha value is -1.95. The van der Waals surface area contributed by atoms with E-state index in [1.54, 1.807) is 0 Å². The molecule has 0 radical (unpaired) electrons. The van der Waals surface area contributed by atoms with Gasteiger partial charge in [-0.25, -0.2) is 4.39 Å². The highest BCUT2D eigenvalue weighted by Crippen LogP contribution is 2.32. The number of halogens is 1. The first-order valence-corrected chi connectivity index (χ1v) is 6.76. The first-order chi connectivity index (χ1) is 9.81. The van der Waals surface area contributed by atoms with Gasteiger partial charge in [0.2, 0.25) is 5.82 Å². The van der Waals surface area contributed by atoms with Crippen LogP contribution in [0.5, 0.6) is 5.75 Å². The maximum absolute atomic E-state index is 14.1. The van der Waals surface area contributed by atoms with Crippen LogP contribution in [0.25, 0.3) is 11.4 Å². The molecule has 104 valence electrons. The van der Waals surface area contributed by atoms with Crippen LogP contribution < -0.4 is 10.1 Å². The Bertz CT molecular complexity index is 639. The van der Waals surface area contributed by atoms with Crippen molar-refractivity contribution in [1.82, 2.24) is 15.5 Å². The zero-order chi connectivity index (χ0) is 13.5. The van der Waals surface area contributed by atoms with Gasteiger partial charge < -0.3 is 14.6 Å². The smallest absolute Gasteiger partial charge is 0.261 e. The summed E-state index contributed by atoms with van der Waals surface area (Å²) in [5.74, 6) is 1.35. The van der Waals surface area contributed by atoms with Crippen molar-refractivity contribution in [2.45, 2.75) is 12.6 Å². The number of hydrogen-bond donors (Lipinski definition) is 1. The molecule has 0 saturated carbocycles. The van der Waals surface area contributed by atoms with E-state index in [2.05, 4.69) is 15.5 Å². The van der Waals surface area contributed by atoms with Crippen molar-refractivity contribution >= 4 is 0 Å². The lowest BCUT2D eigenvalue weighted by atomic mass is 9.97. The summed E-state index contributed by atoms with van der Waals surface area (Å²) < 4.78 is 24.6. The molecular weight excluding hydrogens is 261 g/mol. The topological polar surface area (TPSA) is 60.2 Å². The Morgan fingerprint density at radius 1 is 1.35 bits per heavy atom. The number of alkyl halides is 1. The van der Waals surface area contributed by atoms with E-state index < -0.39 is 6.17 Å². The SMILES string of the molecule is FC(c1nc(-c2ccc3c(c2)CCO3)no1)C1CNC1. The van der Waals surface area contributed by atoms with Gasteiger partial charge in [0.1, 0.15) is 5.75 Å². The largest absolute Gasteiger partial charge is 0.493 e. The molecular formula is C14H14FN3O2. The molecule has 1 N–H and O–H groups in total. The van der Waals surface area contributed by atoms with E-state index in [0.717, 1.165) is 23.3 Å². The van der Waals surface area contributed by atoms with E-state index in [4.69, 9.17) is 9.26 Å². The maximum atomic E-state index is 14.1. The number of ether oxygens (including phenoxy) is 1. The van der Waals surface area contributed by atoms with E-state index in [0.29, 0.717) is 25.5 Å². The second-order valence-corrected chi connectivity index (χ2v) is 5.20. The van der Waals surface area contributed by atoms with Gasteiger partial charge in [-0.05, 0) is 23.8 Å². The van der Waals surface area contributed by atoms with Crippen molar-refractivity contribution in [3.63, 3.8) is 0 Å². The summed E-state index contributed by atoms with van der Waals surface area (Å²) in [7, 11) is 0. The molecule has 1 atom stereocenters. The van der Waals surface area contributed by atoms with Gasteiger partial charge in [-0.2, -0.15) is 4.98 Å². The summed E-state index contributed by atoms with van der Waals surface area (Å²) in [4.78, 5) is 4.19. The van der Waals surface area contributed by atoms with Crippen LogP contribution in [-0.4, -0.2) is 29.8 Å². The molecule has 1 saturated heterocycles. The fourth-order valence-corrected chi connectivity index (χ4v) is 2.51. The van der Waals surface area contributed by atoms with Crippen LogP contribution in [0.15, 0.2) is 22.7 Å². The first-order valence-electron chi connectivity index (χ1n) is 6.76. The molecule has 2 aliphatic rings. The van der Waals surface area contributed by atoms with Crippen molar-refractivity contribution in [3.8, 4) is 17.1 Å². The molecule has 1 unspecified atom stereocenters. The van der Waals surface area contributed by atoms with Crippen LogP contribution in [-0.2, 0) is 6.42 Å². The zero-order valence-electron chi connectivity index (χ0n) is 10.8. The summed E-state index contributed by atoms with van der Waals surface area (Å²) in [6, 6.07) is 5.75. The molecule has 0 amide bonds. The van der Waals surface area contributed by atoms with Crippen molar-refractivity contribution in [3.05, 3.63) is 29.7 Å². The van der Waals surface area contributed by atoms with Gasteiger partial charge >= 0.3 is 0 Å². The molecule has 0 spiro atoms. The van der Waals surface area contributed by atoms with Crippen LogP contribution in [0.2, 0.25) is 0 Å². The molecule has 3 heterocycles. The van der Waals surface area contributed by atoms with Crippen LogP contribution in [0, 0.1) is 5.92 Å². The van der Waals surface area contributed by atoms with Gasteiger partial charge in [-0.15, -0.1) is 0 Å². The average molecular weight is 275 g/mol. The van der Waals surface area contributed by atoms with Gasteiger partial charge in [0.15, 0.2) is 6.17 Å². The molecule has 2 aromatic rings. The van der Waals surface area contributed by atoms with E-state index in [-0.39, 0.29) is 11.8 Å². The number of hydrogen-bond acceptors (Lipinski definition) is 5. The molecule has 6 heteroatoms. The lowest BCUT2D eigenvalue weighted by Gasteiger charge is -2.27. The van der Waals surface area contributed by atoms with Crippen LogP contribution in [0.4, 0.5) is 4.39 Å². The second kappa shape index (κ2) is 4.56. The minimum Gasteiger partial charge on any atom is -0.493 e. The number of benzene rings is 1. The highest BCUT2D eigenvalue weighted by atomic mass is 19.1. The minimum atomic E-state index is -1.18. The Kier molecular flexibility index (Phi) is 2.70. The highest BCUT2D eigenvalue weighted by Gasteiger charge is 2.32. The number of nitrogens with one attached hydrogen (secondary N) is 1. The highest BCUT2D eigenvalue weighted by molar-refractivity contribution is 5.59. The fraction of sp³-hybridized carbons (Fsp3) is 0.429. The molecule has 4 rings (SSSR count). The van der Waals surface area contributed by atoms with Gasteiger partial charge in [0.05, 0.1) is 6.61 Å². The van der Waals surface area contributed by atoms with E-state index >= 15 is 0 Å². The fourth-order valence-electron chi connectivity index (χ4n) is 2.51. The summed E-state index contributed by atoms with van der Waals surface area (Å²) in [6.45, 7) is 2.03. The summed E-state index contributed by atoms with van der Waals surface area (Å²) in [6.07, 6.45) is -0.303. The number of fused-ring (bicyclic) bond motifs is 1. The van der Waals surface area contributed by atoms with E-state index in [1.165, 1.54) is 0 Å². The van der Waals surface area contributed by atoms with Gasteiger partial charge in [-0.3, -0.25) is 0 Å². The predicted molar refractivity (Wildman–Crippen MR) is 69.1 cm³/mol. The Balaban J connectivity index is 1.61. The van der Waals surface area contributed by atoms with Gasteiger partial charge in [0.25, 0.3) is 5.89 Å².